The number of sulfonamides is 2. The van der Waals surface area contributed by atoms with Crippen molar-refractivity contribution in [3.8, 4) is 0 Å². The minimum Gasteiger partial charge on any atom is -0.444 e. The fraction of sp³-hybridized carbons (Fsp3) is 0.468. The number of fused-ring (bicyclic) bond motifs is 2. The lowest BCUT2D eigenvalue weighted by molar-refractivity contribution is 0.00894. The molecule has 0 bridgehead atoms. The molecule has 4 aromatic heterocycles. The number of aryl methyl sites for hydroxylation is 6. The SMILES string of the molecule is Cc1ccc(NS(C)(=O)=O)c(C(=O)Cl)c1.Cc1ccc(NS(C)(=O)=O)c(C(=O)N2CCCC[C@H]2c2cc3nc(C)nc(C)n3n2)c1.Cc1nc(C)n2nc([C@@H]3CCCCN3C(=O)OC(C)(C)C)cc2n1. The lowest BCUT2D eigenvalue weighted by Crippen LogP contribution is -2.42. The molecule has 2 aromatic carbocycles. The largest absolute Gasteiger partial charge is 0.444 e. The van der Waals surface area contributed by atoms with Crippen molar-refractivity contribution in [2.24, 2.45) is 0 Å². The summed E-state index contributed by atoms with van der Waals surface area (Å²) in [5.74, 6) is 2.71. The van der Waals surface area contributed by atoms with Crippen molar-refractivity contribution in [2.45, 2.75) is 119 Å². The van der Waals surface area contributed by atoms with E-state index in [0.717, 1.165) is 96.7 Å². The Morgan fingerprint density at radius 2 is 1.06 bits per heavy atom. The highest BCUT2D eigenvalue weighted by molar-refractivity contribution is 7.92. The monoisotopic (exact) mass is 1020 g/mol. The molecule has 70 heavy (non-hydrogen) atoms. The van der Waals surface area contributed by atoms with Gasteiger partial charge >= 0.3 is 6.09 Å². The van der Waals surface area contributed by atoms with Crippen LogP contribution in [0.4, 0.5) is 16.2 Å². The van der Waals surface area contributed by atoms with Crippen LogP contribution in [0.5, 0.6) is 0 Å². The molecule has 2 aliphatic rings. The number of halogens is 1. The summed E-state index contributed by atoms with van der Waals surface area (Å²) in [5, 5.41) is 8.65. The summed E-state index contributed by atoms with van der Waals surface area (Å²) in [6.07, 6.45) is 7.40. The molecule has 20 nitrogen and oxygen atoms in total. The lowest BCUT2D eigenvalue weighted by Gasteiger charge is -2.35. The van der Waals surface area contributed by atoms with Crippen LogP contribution in [0.25, 0.3) is 11.3 Å². The first-order valence-corrected chi connectivity index (χ1v) is 26.9. The van der Waals surface area contributed by atoms with Gasteiger partial charge in [0.1, 0.15) is 28.9 Å². The molecule has 23 heteroatoms. The number of carbonyl (C=O) groups excluding carboxylic acids is 3. The third kappa shape index (κ3) is 13.7. The fourth-order valence-corrected chi connectivity index (χ4v) is 9.64. The smallest absolute Gasteiger partial charge is 0.410 e. The summed E-state index contributed by atoms with van der Waals surface area (Å²) in [7, 11) is -6.93. The first-order valence-electron chi connectivity index (χ1n) is 22.8. The van der Waals surface area contributed by atoms with Crippen LogP contribution < -0.4 is 9.44 Å². The Labute approximate surface area is 413 Å². The highest BCUT2D eigenvalue weighted by Crippen LogP contribution is 2.35. The first kappa shape index (κ1) is 53.1. The molecular formula is C47H61ClN12O8S2. The van der Waals surface area contributed by atoms with Gasteiger partial charge in [-0.3, -0.25) is 23.9 Å². The number of ether oxygens (including phenoxy) is 1. The van der Waals surface area contributed by atoms with E-state index in [4.69, 9.17) is 16.3 Å². The van der Waals surface area contributed by atoms with Crippen LogP contribution in [0.15, 0.2) is 48.5 Å². The van der Waals surface area contributed by atoms with Crippen LogP contribution in [0, 0.1) is 41.5 Å². The zero-order chi connectivity index (χ0) is 51.5. The van der Waals surface area contributed by atoms with Crippen molar-refractivity contribution in [3.05, 3.63) is 105 Å². The van der Waals surface area contributed by atoms with Crippen molar-refractivity contribution in [2.75, 3.05) is 35.0 Å². The minimum absolute atomic E-state index is 0.0741. The normalized spacial score (nSPS) is 16.5. The second kappa shape index (κ2) is 21.4. The van der Waals surface area contributed by atoms with E-state index in [-0.39, 0.29) is 41.0 Å². The highest BCUT2D eigenvalue weighted by atomic mass is 35.5. The summed E-state index contributed by atoms with van der Waals surface area (Å²) in [5.41, 5.74) is 5.27. The van der Waals surface area contributed by atoms with Crippen LogP contribution in [0.3, 0.4) is 0 Å². The maximum atomic E-state index is 13.6. The average molecular weight is 1020 g/mol. The predicted octanol–water partition coefficient (Wildman–Crippen LogP) is 7.74. The molecule has 2 amide bonds. The molecule has 6 aromatic rings. The number of rotatable bonds is 8. The van der Waals surface area contributed by atoms with Crippen molar-refractivity contribution in [1.82, 2.24) is 49.0 Å². The first-order chi connectivity index (χ1) is 32.7. The summed E-state index contributed by atoms with van der Waals surface area (Å²) >= 11 is 5.34. The van der Waals surface area contributed by atoms with Gasteiger partial charge in [0, 0.05) is 25.2 Å². The van der Waals surface area contributed by atoms with E-state index in [0.29, 0.717) is 30.1 Å². The summed E-state index contributed by atoms with van der Waals surface area (Å²) in [6, 6.07) is 13.4. The van der Waals surface area contributed by atoms with Gasteiger partial charge in [0.15, 0.2) is 11.3 Å². The number of hydrogen-bond donors (Lipinski definition) is 2. The number of piperidine rings is 2. The second-order valence-electron chi connectivity index (χ2n) is 18.6. The van der Waals surface area contributed by atoms with Gasteiger partial charge in [-0.2, -0.15) is 10.2 Å². The van der Waals surface area contributed by atoms with E-state index in [9.17, 15) is 31.2 Å². The average Bonchev–Trinajstić information content (AvgIpc) is 3.89. The van der Waals surface area contributed by atoms with Crippen LogP contribution in [-0.4, -0.2) is 114 Å². The minimum atomic E-state index is -3.52. The summed E-state index contributed by atoms with van der Waals surface area (Å²) in [6.45, 7) is 18.1. The molecule has 2 aliphatic heterocycles. The van der Waals surface area contributed by atoms with Crippen molar-refractivity contribution in [3.63, 3.8) is 0 Å². The molecule has 0 radical (unpaired) electrons. The Bertz CT molecular complexity index is 3170. The molecule has 6 heterocycles. The number of likely N-dealkylation sites (tertiary alicyclic amines) is 2. The van der Waals surface area contributed by atoms with Gasteiger partial charge in [-0.15, -0.1) is 0 Å². The molecule has 2 saturated heterocycles. The zero-order valence-corrected chi connectivity index (χ0v) is 43.8. The number of amides is 2. The number of nitrogens with one attached hydrogen (secondary N) is 2. The van der Waals surface area contributed by atoms with E-state index in [2.05, 4.69) is 39.6 Å². The zero-order valence-electron chi connectivity index (χ0n) is 41.4. The van der Waals surface area contributed by atoms with Crippen LogP contribution in [-0.2, 0) is 24.8 Å². The number of carbonyl (C=O) groups is 3. The maximum absolute atomic E-state index is 13.6. The molecule has 0 unspecified atom stereocenters. The van der Waals surface area contributed by atoms with Crippen LogP contribution in [0.2, 0.25) is 0 Å². The molecule has 0 aliphatic carbocycles. The van der Waals surface area contributed by atoms with Gasteiger partial charge in [0.25, 0.3) is 11.1 Å². The van der Waals surface area contributed by atoms with Gasteiger partial charge in [0.05, 0.1) is 58.5 Å². The van der Waals surface area contributed by atoms with Crippen molar-refractivity contribution < 1.29 is 36.0 Å². The van der Waals surface area contributed by atoms with Crippen LogP contribution >= 0.6 is 11.6 Å². The Morgan fingerprint density at radius 1 is 0.629 bits per heavy atom. The predicted molar refractivity (Wildman–Crippen MR) is 267 cm³/mol. The second-order valence-corrected chi connectivity index (χ2v) is 22.5. The quantitative estimate of drug-likeness (QED) is 0.139. The third-order valence-electron chi connectivity index (χ3n) is 11.2. The molecule has 8 rings (SSSR count). The standard InChI is InChI=1S/C21H26N6O3S.C17H25N5O2.C9H10ClNO3S/c1-13-8-9-17(25-31(4,29)30)16(11-13)21(28)26-10-6-5-7-19(26)18-12-20-23-14(2)22-15(3)27(20)24-18;1-11-18-12(2)22-15(19-11)10-13(20-22)14-8-6-7-9-21(14)16(23)24-17(3,4)5;1-6-3-4-8(11-15(2,13)14)7(5-6)9(10)12/h8-9,11-12,19,25H,5-7,10H2,1-4H3;10,14H,6-9H2,1-5H3;3-5,11H,1-2H3/t19-;14-;/m00./s1. The summed E-state index contributed by atoms with van der Waals surface area (Å²) < 4.78 is 59.3. The van der Waals surface area contributed by atoms with Crippen molar-refractivity contribution in [1.29, 1.82) is 0 Å². The Morgan fingerprint density at radius 3 is 1.50 bits per heavy atom. The number of nitrogens with zero attached hydrogens (tertiary/aromatic N) is 10. The third-order valence-corrected chi connectivity index (χ3v) is 12.6. The van der Waals surface area contributed by atoms with Gasteiger partial charge in [-0.1, -0.05) is 23.3 Å². The molecule has 0 spiro atoms. The number of anilines is 2. The summed E-state index contributed by atoms with van der Waals surface area (Å²) in [4.78, 5) is 58.4. The maximum Gasteiger partial charge on any atom is 0.410 e. The van der Waals surface area contributed by atoms with E-state index < -0.39 is 30.9 Å². The van der Waals surface area contributed by atoms with E-state index in [1.54, 1.807) is 50.0 Å². The number of benzene rings is 2. The van der Waals surface area contributed by atoms with Gasteiger partial charge < -0.3 is 9.64 Å². The van der Waals surface area contributed by atoms with Crippen molar-refractivity contribution >= 4 is 71.6 Å². The molecule has 0 saturated carbocycles. The molecule has 2 atom stereocenters. The Balaban J connectivity index is 0.000000183. The van der Waals surface area contributed by atoms with Gasteiger partial charge in [-0.05, 0) is 137 Å². The number of hydrogen-bond acceptors (Lipinski definition) is 14. The molecule has 2 fully saturated rings. The Hall–Kier alpha value is -6.26. The highest BCUT2D eigenvalue weighted by Gasteiger charge is 2.34. The van der Waals surface area contributed by atoms with E-state index in [1.165, 1.54) is 12.1 Å². The number of aromatic nitrogens is 8. The van der Waals surface area contributed by atoms with E-state index >= 15 is 0 Å². The Kier molecular flexibility index (Phi) is 16.2. The lowest BCUT2D eigenvalue weighted by atomic mass is 9.97. The topological polar surface area (TPSA) is 245 Å². The molecule has 2 N–H and O–H groups in total. The fourth-order valence-electron chi connectivity index (χ4n) is 8.33. The van der Waals surface area contributed by atoms with E-state index in [1.807, 2.05) is 67.5 Å². The van der Waals surface area contributed by atoms with Gasteiger partial charge in [0.2, 0.25) is 20.0 Å². The van der Waals surface area contributed by atoms with Gasteiger partial charge in [-0.25, -0.2) is 50.6 Å². The molecular weight excluding hydrogens is 960 g/mol. The van der Waals surface area contributed by atoms with Crippen LogP contribution in [0.1, 0.15) is 138 Å². The molecule has 376 valence electrons.